The number of carbonyl (C=O) groups is 1. The Morgan fingerprint density at radius 2 is 1.88 bits per heavy atom. The third-order valence-electron chi connectivity index (χ3n) is 4.17. The van der Waals surface area contributed by atoms with Crippen molar-refractivity contribution in [2.75, 3.05) is 5.32 Å². The van der Waals surface area contributed by atoms with E-state index in [2.05, 4.69) is 5.32 Å². The van der Waals surface area contributed by atoms with Crippen LogP contribution in [0.15, 0.2) is 53.3 Å². The van der Waals surface area contributed by atoms with Crippen molar-refractivity contribution in [2.45, 2.75) is 26.3 Å². The number of pyridine rings is 1. The molecule has 0 aliphatic heterocycles. The second-order valence-corrected chi connectivity index (χ2v) is 6.01. The molecule has 0 unspecified atom stereocenters. The molecule has 1 aromatic heterocycles. The van der Waals surface area contributed by atoms with E-state index >= 15 is 0 Å². The van der Waals surface area contributed by atoms with Gasteiger partial charge in [0.15, 0.2) is 0 Å². The second-order valence-electron chi connectivity index (χ2n) is 6.01. The molecule has 1 N–H and O–H groups in total. The molecule has 0 spiro atoms. The fourth-order valence-corrected chi connectivity index (χ4v) is 2.80. The van der Waals surface area contributed by atoms with Crippen molar-refractivity contribution in [3.05, 3.63) is 76.2 Å². The molecule has 4 nitrogen and oxygen atoms in total. The maximum absolute atomic E-state index is 13.8. The van der Waals surface area contributed by atoms with Gasteiger partial charge in [0.05, 0.1) is 5.69 Å². The highest BCUT2D eigenvalue weighted by Crippen LogP contribution is 2.18. The van der Waals surface area contributed by atoms with Gasteiger partial charge in [0.1, 0.15) is 17.3 Å². The largest absolute Gasteiger partial charge is 0.318 e. The van der Waals surface area contributed by atoms with Gasteiger partial charge >= 0.3 is 0 Å². The normalized spacial score (nSPS) is 10.9. The van der Waals surface area contributed by atoms with Crippen LogP contribution in [0.5, 0.6) is 0 Å². The van der Waals surface area contributed by atoms with E-state index in [1.165, 1.54) is 4.57 Å². The van der Waals surface area contributed by atoms with Crippen molar-refractivity contribution in [2.24, 2.45) is 0 Å². The first-order valence-electron chi connectivity index (χ1n) is 8.40. The SMILES string of the molecule is CCCCn1c(C(=O)Nc2ccc(F)cc2F)cc2ccccc2c1=O. The summed E-state index contributed by atoms with van der Waals surface area (Å²) in [4.78, 5) is 25.5. The van der Waals surface area contributed by atoms with Crippen LogP contribution in [-0.4, -0.2) is 10.5 Å². The van der Waals surface area contributed by atoms with Gasteiger partial charge in [-0.05, 0) is 36.1 Å². The minimum Gasteiger partial charge on any atom is -0.318 e. The number of amides is 1. The van der Waals surface area contributed by atoms with Gasteiger partial charge in [0.25, 0.3) is 11.5 Å². The Morgan fingerprint density at radius 1 is 1.12 bits per heavy atom. The van der Waals surface area contributed by atoms with Gasteiger partial charge in [-0.2, -0.15) is 0 Å². The Bertz CT molecular complexity index is 1030. The lowest BCUT2D eigenvalue weighted by Crippen LogP contribution is -2.29. The van der Waals surface area contributed by atoms with Crippen LogP contribution in [-0.2, 0) is 6.54 Å². The zero-order valence-electron chi connectivity index (χ0n) is 14.3. The molecule has 0 saturated heterocycles. The molecule has 1 amide bonds. The quantitative estimate of drug-likeness (QED) is 0.740. The number of halogens is 2. The van der Waals surface area contributed by atoms with Crippen molar-refractivity contribution < 1.29 is 13.6 Å². The van der Waals surface area contributed by atoms with Crippen molar-refractivity contribution in [3.63, 3.8) is 0 Å². The fourth-order valence-electron chi connectivity index (χ4n) is 2.80. The Morgan fingerprint density at radius 3 is 2.62 bits per heavy atom. The highest BCUT2D eigenvalue weighted by molar-refractivity contribution is 6.05. The fraction of sp³-hybridized carbons (Fsp3) is 0.200. The summed E-state index contributed by atoms with van der Waals surface area (Å²) in [5, 5.41) is 3.58. The highest BCUT2D eigenvalue weighted by atomic mass is 19.1. The van der Waals surface area contributed by atoms with Crippen molar-refractivity contribution in [1.82, 2.24) is 4.57 Å². The van der Waals surface area contributed by atoms with Crippen molar-refractivity contribution >= 4 is 22.4 Å². The minimum atomic E-state index is -0.874. The topological polar surface area (TPSA) is 51.1 Å². The van der Waals surface area contributed by atoms with E-state index < -0.39 is 17.5 Å². The maximum Gasteiger partial charge on any atom is 0.272 e. The minimum absolute atomic E-state index is 0.140. The molecule has 0 fully saturated rings. The lowest BCUT2D eigenvalue weighted by Gasteiger charge is -2.14. The predicted octanol–water partition coefficient (Wildman–Crippen LogP) is 4.33. The average molecular weight is 356 g/mol. The molecule has 0 aliphatic carbocycles. The molecule has 26 heavy (non-hydrogen) atoms. The van der Waals surface area contributed by atoms with Crippen LogP contribution >= 0.6 is 0 Å². The van der Waals surface area contributed by atoms with Crippen LogP contribution in [0.4, 0.5) is 14.5 Å². The Labute approximate surface area is 149 Å². The number of rotatable bonds is 5. The number of benzene rings is 2. The molecule has 3 rings (SSSR count). The summed E-state index contributed by atoms with van der Waals surface area (Å²) in [6.07, 6.45) is 1.58. The first kappa shape index (κ1) is 17.8. The molecule has 134 valence electrons. The molecular formula is C20H18F2N2O2. The Balaban J connectivity index is 2.06. The average Bonchev–Trinajstić information content (AvgIpc) is 2.63. The van der Waals surface area contributed by atoms with Crippen LogP contribution in [0.2, 0.25) is 0 Å². The van der Waals surface area contributed by atoms with E-state index in [1.807, 2.05) is 6.92 Å². The van der Waals surface area contributed by atoms with Crippen LogP contribution in [0.25, 0.3) is 10.8 Å². The second kappa shape index (κ2) is 7.47. The van der Waals surface area contributed by atoms with Crippen LogP contribution in [0, 0.1) is 11.6 Å². The number of aromatic nitrogens is 1. The van der Waals surface area contributed by atoms with Crippen molar-refractivity contribution in [1.29, 1.82) is 0 Å². The molecule has 0 radical (unpaired) electrons. The van der Waals surface area contributed by atoms with Crippen LogP contribution in [0.1, 0.15) is 30.3 Å². The monoisotopic (exact) mass is 356 g/mol. The molecule has 6 heteroatoms. The number of nitrogens with zero attached hydrogens (tertiary/aromatic N) is 1. The van der Waals surface area contributed by atoms with Crippen molar-refractivity contribution in [3.8, 4) is 0 Å². The number of nitrogens with one attached hydrogen (secondary N) is 1. The van der Waals surface area contributed by atoms with Gasteiger partial charge in [-0.25, -0.2) is 8.78 Å². The standard InChI is InChI=1S/C20H18F2N2O2/c1-2-3-10-24-18(11-13-6-4-5-7-15(13)20(24)26)19(25)23-17-9-8-14(21)12-16(17)22/h4-9,11-12H,2-3,10H2,1H3,(H,23,25). The first-order chi connectivity index (χ1) is 12.5. The zero-order chi connectivity index (χ0) is 18.7. The Hall–Kier alpha value is -3.02. The molecule has 3 aromatic rings. The summed E-state index contributed by atoms with van der Waals surface area (Å²) in [6, 6.07) is 11.5. The summed E-state index contributed by atoms with van der Waals surface area (Å²) >= 11 is 0. The summed E-state index contributed by atoms with van der Waals surface area (Å²) in [5.41, 5.74) is -0.258. The molecule has 0 bridgehead atoms. The number of carbonyl (C=O) groups excluding carboxylic acids is 1. The summed E-state index contributed by atoms with van der Waals surface area (Å²) in [5.74, 6) is -2.22. The van der Waals surface area contributed by atoms with Gasteiger partial charge < -0.3 is 9.88 Å². The van der Waals surface area contributed by atoms with E-state index in [-0.39, 0.29) is 16.9 Å². The molecular weight excluding hydrogens is 338 g/mol. The van der Waals surface area contributed by atoms with Crippen LogP contribution < -0.4 is 10.9 Å². The number of anilines is 1. The molecule has 1 heterocycles. The van der Waals surface area contributed by atoms with E-state index in [0.717, 1.165) is 25.0 Å². The number of hydrogen-bond acceptors (Lipinski definition) is 2. The number of fused-ring (bicyclic) bond motifs is 1. The van der Waals surface area contributed by atoms with Gasteiger partial charge in [0.2, 0.25) is 0 Å². The smallest absolute Gasteiger partial charge is 0.272 e. The molecule has 0 aliphatic rings. The summed E-state index contributed by atoms with van der Waals surface area (Å²) < 4.78 is 28.3. The highest BCUT2D eigenvalue weighted by Gasteiger charge is 2.17. The lowest BCUT2D eigenvalue weighted by molar-refractivity contribution is 0.101. The third-order valence-corrected chi connectivity index (χ3v) is 4.17. The lowest BCUT2D eigenvalue weighted by atomic mass is 10.1. The number of unbranched alkanes of at least 4 members (excludes halogenated alkanes) is 1. The third kappa shape index (κ3) is 3.49. The molecule has 0 saturated carbocycles. The van der Waals surface area contributed by atoms with Gasteiger partial charge in [-0.3, -0.25) is 9.59 Å². The predicted molar refractivity (Wildman–Crippen MR) is 97.4 cm³/mol. The number of hydrogen-bond donors (Lipinski definition) is 1. The summed E-state index contributed by atoms with van der Waals surface area (Å²) in [6.45, 7) is 2.37. The van der Waals surface area contributed by atoms with Gasteiger partial charge in [-0.15, -0.1) is 0 Å². The van der Waals surface area contributed by atoms with E-state index in [4.69, 9.17) is 0 Å². The first-order valence-corrected chi connectivity index (χ1v) is 8.40. The van der Waals surface area contributed by atoms with E-state index in [9.17, 15) is 18.4 Å². The van der Waals surface area contributed by atoms with Crippen LogP contribution in [0.3, 0.4) is 0 Å². The van der Waals surface area contributed by atoms with E-state index in [1.54, 1.807) is 30.3 Å². The molecule has 2 aromatic carbocycles. The maximum atomic E-state index is 13.8. The van der Waals surface area contributed by atoms with Gasteiger partial charge in [-0.1, -0.05) is 31.5 Å². The van der Waals surface area contributed by atoms with Gasteiger partial charge in [0, 0.05) is 18.0 Å². The Kier molecular flexibility index (Phi) is 5.11. The summed E-state index contributed by atoms with van der Waals surface area (Å²) in [7, 11) is 0. The van der Waals surface area contributed by atoms with E-state index in [0.29, 0.717) is 23.4 Å². The molecule has 0 atom stereocenters. The zero-order valence-corrected chi connectivity index (χ0v) is 14.3.